The molecule has 2 atom stereocenters. The third-order valence-corrected chi connectivity index (χ3v) is 3.57. The molecule has 1 aromatic carbocycles. The normalized spacial score (nSPS) is 19.3. The maximum absolute atomic E-state index is 12.0. The first-order valence-electron chi connectivity index (χ1n) is 6.95. The van der Waals surface area contributed by atoms with Gasteiger partial charge in [0.05, 0.1) is 12.1 Å². The van der Waals surface area contributed by atoms with E-state index >= 15 is 0 Å². The largest absolute Gasteiger partial charge is 0.392 e. The van der Waals surface area contributed by atoms with Crippen LogP contribution in [-0.2, 0) is 4.79 Å². The predicted octanol–water partition coefficient (Wildman–Crippen LogP) is 2.25. The van der Waals surface area contributed by atoms with Gasteiger partial charge in [0.2, 0.25) is 5.91 Å². The molecule has 1 aliphatic rings. The fraction of sp³-hybridized carbons (Fsp3) is 0.250. The van der Waals surface area contributed by atoms with Crippen LogP contribution in [0.1, 0.15) is 6.42 Å². The van der Waals surface area contributed by atoms with Crippen LogP contribution in [0.25, 0.3) is 11.1 Å². The first kappa shape index (κ1) is 19.4. The van der Waals surface area contributed by atoms with Crippen LogP contribution in [0, 0.1) is 0 Å². The van der Waals surface area contributed by atoms with Gasteiger partial charge in [0.1, 0.15) is 0 Å². The smallest absolute Gasteiger partial charge is 0.241 e. The Balaban J connectivity index is 0.00000132. The van der Waals surface area contributed by atoms with Crippen molar-refractivity contribution < 1.29 is 9.90 Å². The Kier molecular flexibility index (Phi) is 7.45. The van der Waals surface area contributed by atoms with Gasteiger partial charge < -0.3 is 15.7 Å². The van der Waals surface area contributed by atoms with Gasteiger partial charge in [-0.3, -0.25) is 9.78 Å². The molecule has 0 bridgehead atoms. The van der Waals surface area contributed by atoms with Gasteiger partial charge in [0, 0.05) is 24.6 Å². The van der Waals surface area contributed by atoms with Crippen LogP contribution in [0.5, 0.6) is 0 Å². The quantitative estimate of drug-likeness (QED) is 0.789. The first-order chi connectivity index (χ1) is 10.2. The molecule has 3 rings (SSSR count). The number of nitrogens with zero attached hydrogens (tertiary/aromatic N) is 1. The molecule has 124 valence electrons. The summed E-state index contributed by atoms with van der Waals surface area (Å²) in [5, 5.41) is 15.3. The number of aromatic nitrogens is 1. The van der Waals surface area contributed by atoms with Crippen molar-refractivity contribution in [3.63, 3.8) is 0 Å². The Morgan fingerprint density at radius 1 is 1.17 bits per heavy atom. The summed E-state index contributed by atoms with van der Waals surface area (Å²) in [6, 6.07) is 11.2. The third-order valence-electron chi connectivity index (χ3n) is 3.57. The zero-order valence-corrected chi connectivity index (χ0v) is 13.9. The minimum absolute atomic E-state index is 0. The third kappa shape index (κ3) is 4.91. The van der Waals surface area contributed by atoms with Crippen molar-refractivity contribution in [2.75, 3.05) is 11.9 Å². The summed E-state index contributed by atoms with van der Waals surface area (Å²) in [6.07, 6.45) is 3.56. The Bertz CT molecular complexity index is 623. The summed E-state index contributed by atoms with van der Waals surface area (Å²) in [5.41, 5.74) is 2.84. The van der Waals surface area contributed by atoms with Crippen molar-refractivity contribution >= 4 is 36.4 Å². The van der Waals surface area contributed by atoms with E-state index in [9.17, 15) is 9.90 Å². The lowest BCUT2D eigenvalue weighted by Gasteiger charge is -2.11. The average Bonchev–Trinajstić information content (AvgIpc) is 2.96. The molecular weight excluding hydrogens is 337 g/mol. The molecule has 1 aliphatic heterocycles. The molecule has 0 saturated carbocycles. The van der Waals surface area contributed by atoms with E-state index in [0.29, 0.717) is 13.0 Å². The van der Waals surface area contributed by atoms with Crippen molar-refractivity contribution in [2.24, 2.45) is 0 Å². The number of rotatable bonds is 3. The summed E-state index contributed by atoms with van der Waals surface area (Å²) in [4.78, 5) is 16.1. The van der Waals surface area contributed by atoms with E-state index in [-0.39, 0.29) is 36.8 Å². The summed E-state index contributed by atoms with van der Waals surface area (Å²) in [6.45, 7) is 0.470. The average molecular weight is 356 g/mol. The number of nitrogens with one attached hydrogen (secondary N) is 2. The van der Waals surface area contributed by atoms with Crippen LogP contribution < -0.4 is 10.6 Å². The number of anilines is 1. The van der Waals surface area contributed by atoms with Gasteiger partial charge in [-0.2, -0.15) is 0 Å². The summed E-state index contributed by atoms with van der Waals surface area (Å²) in [5.74, 6) is -0.110. The van der Waals surface area contributed by atoms with Gasteiger partial charge in [0.25, 0.3) is 0 Å². The molecular formula is C16H19Cl2N3O2. The topological polar surface area (TPSA) is 74.2 Å². The molecule has 0 radical (unpaired) electrons. The fourth-order valence-corrected chi connectivity index (χ4v) is 2.43. The first-order valence-corrected chi connectivity index (χ1v) is 6.95. The van der Waals surface area contributed by atoms with E-state index in [1.165, 1.54) is 0 Å². The molecule has 0 unspecified atom stereocenters. The van der Waals surface area contributed by atoms with E-state index in [0.717, 1.165) is 16.8 Å². The lowest BCUT2D eigenvalue weighted by Crippen LogP contribution is -2.35. The van der Waals surface area contributed by atoms with E-state index in [4.69, 9.17) is 0 Å². The van der Waals surface area contributed by atoms with Gasteiger partial charge in [-0.1, -0.05) is 18.2 Å². The second kappa shape index (κ2) is 8.84. The Morgan fingerprint density at radius 3 is 2.48 bits per heavy atom. The highest BCUT2D eigenvalue weighted by Gasteiger charge is 2.27. The molecule has 0 spiro atoms. The van der Waals surface area contributed by atoms with E-state index in [1.807, 2.05) is 36.4 Å². The maximum Gasteiger partial charge on any atom is 0.241 e. The standard InChI is InChI=1S/C16H17N3O2.2ClH/c20-14-8-15(18-10-14)16(21)19-13-5-3-11(4-6-13)12-2-1-7-17-9-12;;/h1-7,9,14-15,18,20H,8,10H2,(H,19,21);2*1H/t14-,15+;;/m0../s1. The Labute approximate surface area is 147 Å². The second-order valence-electron chi connectivity index (χ2n) is 5.16. The van der Waals surface area contributed by atoms with Gasteiger partial charge in [-0.15, -0.1) is 24.8 Å². The maximum atomic E-state index is 12.0. The van der Waals surface area contributed by atoms with E-state index in [1.54, 1.807) is 12.4 Å². The van der Waals surface area contributed by atoms with Gasteiger partial charge >= 0.3 is 0 Å². The molecule has 2 heterocycles. The zero-order chi connectivity index (χ0) is 14.7. The number of amides is 1. The lowest BCUT2D eigenvalue weighted by molar-refractivity contribution is -0.117. The van der Waals surface area contributed by atoms with Crippen LogP contribution >= 0.6 is 24.8 Å². The minimum Gasteiger partial charge on any atom is -0.392 e. The molecule has 1 aromatic heterocycles. The van der Waals surface area contributed by atoms with E-state index < -0.39 is 6.10 Å². The number of carbonyl (C=O) groups excluding carboxylic acids is 1. The number of aliphatic hydroxyl groups is 1. The highest BCUT2D eigenvalue weighted by atomic mass is 35.5. The molecule has 0 aliphatic carbocycles. The Morgan fingerprint density at radius 2 is 1.91 bits per heavy atom. The molecule has 1 amide bonds. The predicted molar refractivity (Wildman–Crippen MR) is 95.2 cm³/mol. The van der Waals surface area contributed by atoms with Gasteiger partial charge in [-0.25, -0.2) is 0 Å². The molecule has 7 heteroatoms. The Hall–Kier alpha value is -1.66. The van der Waals surface area contributed by atoms with Crippen LogP contribution in [0.15, 0.2) is 48.8 Å². The number of hydrogen-bond donors (Lipinski definition) is 3. The number of aliphatic hydroxyl groups excluding tert-OH is 1. The number of hydrogen-bond acceptors (Lipinski definition) is 4. The zero-order valence-electron chi connectivity index (χ0n) is 12.3. The number of halogens is 2. The fourth-order valence-electron chi connectivity index (χ4n) is 2.43. The number of pyridine rings is 1. The van der Waals surface area contributed by atoms with Crippen molar-refractivity contribution in [1.29, 1.82) is 0 Å². The van der Waals surface area contributed by atoms with Crippen molar-refractivity contribution in [3.8, 4) is 11.1 Å². The van der Waals surface area contributed by atoms with Crippen LogP contribution in [-0.4, -0.2) is 34.7 Å². The van der Waals surface area contributed by atoms with Crippen LogP contribution in [0.3, 0.4) is 0 Å². The second-order valence-corrected chi connectivity index (χ2v) is 5.16. The summed E-state index contributed by atoms with van der Waals surface area (Å²) in [7, 11) is 0. The lowest BCUT2D eigenvalue weighted by atomic mass is 10.1. The van der Waals surface area contributed by atoms with Gasteiger partial charge in [0.15, 0.2) is 0 Å². The van der Waals surface area contributed by atoms with Crippen LogP contribution in [0.4, 0.5) is 5.69 Å². The molecule has 3 N–H and O–H groups in total. The van der Waals surface area contributed by atoms with Crippen molar-refractivity contribution in [1.82, 2.24) is 10.3 Å². The summed E-state index contributed by atoms with van der Waals surface area (Å²) < 4.78 is 0. The monoisotopic (exact) mass is 355 g/mol. The van der Waals surface area contributed by atoms with Crippen LogP contribution in [0.2, 0.25) is 0 Å². The van der Waals surface area contributed by atoms with Crippen molar-refractivity contribution in [3.05, 3.63) is 48.8 Å². The summed E-state index contributed by atoms with van der Waals surface area (Å²) >= 11 is 0. The molecule has 1 saturated heterocycles. The number of carbonyl (C=O) groups is 1. The molecule has 5 nitrogen and oxygen atoms in total. The van der Waals surface area contributed by atoms with Crippen molar-refractivity contribution in [2.45, 2.75) is 18.6 Å². The SMILES string of the molecule is Cl.Cl.O=C(Nc1ccc(-c2cccnc2)cc1)[C@H]1C[C@H](O)CN1. The highest BCUT2D eigenvalue weighted by Crippen LogP contribution is 2.20. The number of β-amino-alcohol motifs (C(OH)–C–C–N with tert-alkyl or cyclic N) is 1. The van der Waals surface area contributed by atoms with Gasteiger partial charge in [-0.05, 0) is 35.7 Å². The number of benzene rings is 1. The molecule has 1 fully saturated rings. The van der Waals surface area contributed by atoms with E-state index in [2.05, 4.69) is 15.6 Å². The minimum atomic E-state index is -0.436. The molecule has 2 aromatic rings. The highest BCUT2D eigenvalue weighted by molar-refractivity contribution is 5.95. The molecule has 23 heavy (non-hydrogen) atoms.